The molecule has 0 bridgehead atoms. The van der Waals surface area contributed by atoms with Crippen molar-refractivity contribution in [2.24, 2.45) is 0 Å². The fourth-order valence-electron chi connectivity index (χ4n) is 2.21. The summed E-state index contributed by atoms with van der Waals surface area (Å²) in [4.78, 5) is 10.1. The molecule has 0 aliphatic rings. The number of sulfone groups is 1. The van der Waals surface area contributed by atoms with Gasteiger partial charge in [0.15, 0.2) is 9.84 Å². The van der Waals surface area contributed by atoms with Gasteiger partial charge >= 0.3 is 5.69 Å². The molecule has 24 heavy (non-hydrogen) atoms. The highest BCUT2D eigenvalue weighted by Crippen LogP contribution is 2.32. The van der Waals surface area contributed by atoms with Gasteiger partial charge in [0, 0.05) is 18.4 Å². The minimum atomic E-state index is -3.76. The third-order valence-corrected chi connectivity index (χ3v) is 4.47. The Labute approximate surface area is 137 Å². The van der Waals surface area contributed by atoms with Crippen LogP contribution in [-0.2, 0) is 23.0 Å². The first kappa shape index (κ1) is 17.8. The highest BCUT2D eigenvalue weighted by molar-refractivity contribution is 7.90. The topological polar surface area (TPSA) is 110 Å². The number of nitro benzene ring substituents is 1. The van der Waals surface area contributed by atoms with Crippen LogP contribution in [0.1, 0.15) is 11.1 Å². The molecule has 2 aromatic rings. The van der Waals surface area contributed by atoms with Crippen LogP contribution < -0.4 is 5.32 Å². The number of anilines is 1. The van der Waals surface area contributed by atoms with E-state index in [1.54, 1.807) is 0 Å². The molecule has 0 aromatic heterocycles. The van der Waals surface area contributed by atoms with Gasteiger partial charge < -0.3 is 10.4 Å². The molecule has 0 saturated heterocycles. The molecule has 0 spiro atoms. The van der Waals surface area contributed by atoms with Gasteiger partial charge in [-0.2, -0.15) is 0 Å². The summed E-state index contributed by atoms with van der Waals surface area (Å²) in [6.45, 7) is -0.370. The summed E-state index contributed by atoms with van der Waals surface area (Å²) in [7, 11) is -3.76. The van der Waals surface area contributed by atoms with Crippen LogP contribution in [0.2, 0.25) is 0 Å². The molecule has 0 unspecified atom stereocenters. The van der Waals surface area contributed by atoms with Gasteiger partial charge in [-0.15, -0.1) is 0 Å². The van der Waals surface area contributed by atoms with Gasteiger partial charge in [-0.3, -0.25) is 10.1 Å². The predicted molar refractivity (Wildman–Crippen MR) is 85.9 cm³/mol. The lowest BCUT2D eigenvalue weighted by Gasteiger charge is -2.10. The maximum Gasteiger partial charge on any atom is 0.310 e. The third kappa shape index (κ3) is 3.87. The lowest BCUT2D eigenvalue weighted by Crippen LogP contribution is -2.08. The SMILES string of the molecule is CS(=O)(=O)c1cccc(NCc2ccc(F)c(CO)c2)c1[N+](=O)[O-]. The average molecular weight is 354 g/mol. The van der Waals surface area contributed by atoms with E-state index >= 15 is 0 Å². The van der Waals surface area contributed by atoms with Crippen molar-refractivity contribution in [2.75, 3.05) is 11.6 Å². The molecule has 9 heteroatoms. The monoisotopic (exact) mass is 354 g/mol. The number of hydrogen-bond acceptors (Lipinski definition) is 6. The van der Waals surface area contributed by atoms with Crippen molar-refractivity contribution in [1.29, 1.82) is 0 Å². The summed E-state index contributed by atoms with van der Waals surface area (Å²) >= 11 is 0. The van der Waals surface area contributed by atoms with Crippen molar-refractivity contribution in [3.63, 3.8) is 0 Å². The van der Waals surface area contributed by atoms with E-state index in [-0.39, 0.29) is 22.7 Å². The number of nitrogens with one attached hydrogen (secondary N) is 1. The number of rotatable bonds is 6. The molecule has 0 atom stereocenters. The molecule has 0 fully saturated rings. The molecule has 0 saturated carbocycles. The van der Waals surface area contributed by atoms with Gasteiger partial charge in [0.1, 0.15) is 16.4 Å². The van der Waals surface area contributed by atoms with Crippen molar-refractivity contribution in [3.8, 4) is 0 Å². The van der Waals surface area contributed by atoms with Crippen LogP contribution >= 0.6 is 0 Å². The van der Waals surface area contributed by atoms with E-state index in [1.807, 2.05) is 0 Å². The van der Waals surface area contributed by atoms with Crippen LogP contribution in [-0.4, -0.2) is 24.7 Å². The second-order valence-corrected chi connectivity index (χ2v) is 7.10. The summed E-state index contributed by atoms with van der Waals surface area (Å²) in [5.74, 6) is -0.550. The fourth-order valence-corrected chi connectivity index (χ4v) is 3.07. The van der Waals surface area contributed by atoms with E-state index in [9.17, 15) is 22.9 Å². The van der Waals surface area contributed by atoms with E-state index in [0.717, 1.165) is 6.26 Å². The normalized spacial score (nSPS) is 11.3. The van der Waals surface area contributed by atoms with Crippen molar-refractivity contribution in [2.45, 2.75) is 18.0 Å². The number of aliphatic hydroxyl groups excluding tert-OH is 1. The fraction of sp³-hybridized carbons (Fsp3) is 0.200. The minimum absolute atomic E-state index is 0.0396. The van der Waals surface area contributed by atoms with Gasteiger partial charge in [-0.05, 0) is 29.8 Å². The molecule has 0 aliphatic carbocycles. The number of hydrogen-bond donors (Lipinski definition) is 2. The lowest BCUT2D eigenvalue weighted by atomic mass is 10.1. The molecular weight excluding hydrogens is 339 g/mol. The quantitative estimate of drug-likeness (QED) is 0.608. The smallest absolute Gasteiger partial charge is 0.310 e. The first-order chi connectivity index (χ1) is 11.2. The highest BCUT2D eigenvalue weighted by atomic mass is 32.2. The summed E-state index contributed by atoms with van der Waals surface area (Å²) in [5.41, 5.74) is 0.190. The van der Waals surface area contributed by atoms with Crippen LogP contribution in [0.25, 0.3) is 0 Å². The van der Waals surface area contributed by atoms with Crippen molar-refractivity contribution < 1.29 is 22.8 Å². The Bertz CT molecular complexity index is 883. The largest absolute Gasteiger partial charge is 0.392 e. The zero-order chi connectivity index (χ0) is 17.9. The highest BCUT2D eigenvalue weighted by Gasteiger charge is 2.25. The molecule has 0 aliphatic heterocycles. The lowest BCUT2D eigenvalue weighted by molar-refractivity contribution is -0.386. The van der Waals surface area contributed by atoms with E-state index in [0.29, 0.717) is 5.56 Å². The number of benzene rings is 2. The molecule has 7 nitrogen and oxygen atoms in total. The van der Waals surface area contributed by atoms with Gasteiger partial charge in [-0.1, -0.05) is 12.1 Å². The van der Waals surface area contributed by atoms with Crippen molar-refractivity contribution >= 4 is 21.2 Å². The van der Waals surface area contributed by atoms with Crippen LogP contribution in [0, 0.1) is 15.9 Å². The van der Waals surface area contributed by atoms with Crippen molar-refractivity contribution in [3.05, 3.63) is 63.5 Å². The Kier molecular flexibility index (Phi) is 5.15. The molecule has 128 valence electrons. The van der Waals surface area contributed by atoms with E-state index < -0.39 is 32.9 Å². The molecule has 2 N–H and O–H groups in total. The van der Waals surface area contributed by atoms with E-state index in [1.165, 1.54) is 36.4 Å². The minimum Gasteiger partial charge on any atom is -0.392 e. The predicted octanol–water partition coefficient (Wildman–Crippen LogP) is 2.24. The van der Waals surface area contributed by atoms with Crippen LogP contribution in [0.5, 0.6) is 0 Å². The van der Waals surface area contributed by atoms with E-state index in [4.69, 9.17) is 5.11 Å². The molecule has 0 amide bonds. The number of halogens is 1. The van der Waals surface area contributed by atoms with Crippen LogP contribution in [0.15, 0.2) is 41.3 Å². The van der Waals surface area contributed by atoms with Gasteiger partial charge in [0.25, 0.3) is 0 Å². The number of aliphatic hydroxyl groups is 1. The Balaban J connectivity index is 2.35. The van der Waals surface area contributed by atoms with Crippen LogP contribution in [0.4, 0.5) is 15.8 Å². The Morgan fingerprint density at radius 3 is 2.58 bits per heavy atom. The van der Waals surface area contributed by atoms with Gasteiger partial charge in [0.2, 0.25) is 0 Å². The Morgan fingerprint density at radius 2 is 2.00 bits per heavy atom. The van der Waals surface area contributed by atoms with E-state index in [2.05, 4.69) is 5.32 Å². The third-order valence-electron chi connectivity index (χ3n) is 3.34. The second-order valence-electron chi connectivity index (χ2n) is 5.12. The number of nitro groups is 1. The van der Waals surface area contributed by atoms with Crippen molar-refractivity contribution in [1.82, 2.24) is 0 Å². The molecule has 0 heterocycles. The Hall–Kier alpha value is -2.52. The zero-order valence-corrected chi connectivity index (χ0v) is 13.5. The first-order valence-corrected chi connectivity index (χ1v) is 8.72. The standard InChI is InChI=1S/C15H15FN2O5S/c1-24(22,23)14-4-2-3-13(15(14)18(20)21)17-8-10-5-6-12(16)11(7-10)9-19/h2-7,17,19H,8-9H2,1H3. The summed E-state index contributed by atoms with van der Waals surface area (Å²) in [6, 6.07) is 8.03. The van der Waals surface area contributed by atoms with Gasteiger partial charge in [0.05, 0.1) is 11.5 Å². The maximum absolute atomic E-state index is 13.4. The zero-order valence-electron chi connectivity index (χ0n) is 12.7. The second kappa shape index (κ2) is 6.93. The number of nitrogens with zero attached hydrogens (tertiary/aromatic N) is 1. The summed E-state index contributed by atoms with van der Waals surface area (Å²) < 4.78 is 36.8. The maximum atomic E-state index is 13.4. The molecule has 2 aromatic carbocycles. The first-order valence-electron chi connectivity index (χ1n) is 6.83. The number of para-hydroxylation sites is 1. The Morgan fingerprint density at radius 1 is 1.29 bits per heavy atom. The molecule has 2 rings (SSSR count). The molecule has 0 radical (unpaired) electrons. The summed E-state index contributed by atoms with van der Waals surface area (Å²) in [5, 5.41) is 23.1. The van der Waals surface area contributed by atoms with Crippen LogP contribution in [0.3, 0.4) is 0 Å². The average Bonchev–Trinajstić information content (AvgIpc) is 2.52. The summed E-state index contributed by atoms with van der Waals surface area (Å²) in [6.07, 6.45) is 0.895. The van der Waals surface area contributed by atoms with Gasteiger partial charge in [-0.25, -0.2) is 12.8 Å². The molecular formula is C15H15FN2O5S.